The van der Waals surface area contributed by atoms with E-state index in [9.17, 15) is 4.79 Å². The molecule has 1 aliphatic heterocycles. The Kier molecular flexibility index (Phi) is 8.24. The predicted molar refractivity (Wildman–Crippen MR) is 104 cm³/mol. The number of ether oxygens (including phenoxy) is 2. The quantitative estimate of drug-likeness (QED) is 0.586. The number of esters is 1. The minimum absolute atomic E-state index is 0.104. The Morgan fingerprint density at radius 2 is 2.08 bits per heavy atom. The van der Waals surface area contributed by atoms with E-state index in [1.807, 2.05) is 25.1 Å². The zero-order valence-corrected chi connectivity index (χ0v) is 17.2. The molecular formula is C20H30BrNO3. The second kappa shape index (κ2) is 10.2. The highest BCUT2D eigenvalue weighted by molar-refractivity contribution is 9.10. The molecule has 0 aromatic heterocycles. The van der Waals surface area contributed by atoms with Gasteiger partial charge in [0.05, 0.1) is 19.3 Å². The van der Waals surface area contributed by atoms with Gasteiger partial charge in [0.1, 0.15) is 5.75 Å². The molecule has 0 amide bonds. The van der Waals surface area contributed by atoms with Gasteiger partial charge in [0, 0.05) is 10.0 Å². The van der Waals surface area contributed by atoms with Crippen molar-refractivity contribution in [1.82, 2.24) is 4.90 Å². The van der Waals surface area contributed by atoms with E-state index in [4.69, 9.17) is 9.47 Å². The molecule has 1 heterocycles. The molecule has 0 radical (unpaired) electrons. The number of nitrogens with zero attached hydrogens (tertiary/aromatic N) is 1. The van der Waals surface area contributed by atoms with Crippen molar-refractivity contribution in [2.75, 3.05) is 26.2 Å². The average Bonchev–Trinajstić information content (AvgIpc) is 2.58. The van der Waals surface area contributed by atoms with Crippen LogP contribution < -0.4 is 4.74 Å². The van der Waals surface area contributed by atoms with Crippen LogP contribution in [0, 0.1) is 12.8 Å². The fourth-order valence-electron chi connectivity index (χ4n) is 3.28. The van der Waals surface area contributed by atoms with E-state index in [0.29, 0.717) is 13.2 Å². The topological polar surface area (TPSA) is 38.8 Å². The molecule has 1 saturated heterocycles. The summed E-state index contributed by atoms with van der Waals surface area (Å²) in [6, 6.07) is 6.08. The molecule has 140 valence electrons. The van der Waals surface area contributed by atoms with E-state index in [2.05, 4.69) is 34.7 Å². The van der Waals surface area contributed by atoms with Crippen LogP contribution >= 0.6 is 15.9 Å². The number of carbonyl (C=O) groups excluding carboxylic acids is 1. The molecule has 2 rings (SSSR count). The van der Waals surface area contributed by atoms with Crippen molar-refractivity contribution in [3.8, 4) is 5.75 Å². The molecule has 1 fully saturated rings. The van der Waals surface area contributed by atoms with E-state index < -0.39 is 0 Å². The third-order valence-corrected chi connectivity index (χ3v) is 5.75. The molecule has 0 aliphatic carbocycles. The summed E-state index contributed by atoms with van der Waals surface area (Å²) in [7, 11) is 0. The molecule has 1 atom stereocenters. The maximum atomic E-state index is 11.5. The van der Waals surface area contributed by atoms with Gasteiger partial charge in [0.15, 0.2) is 0 Å². The van der Waals surface area contributed by atoms with Gasteiger partial charge in [-0.3, -0.25) is 9.69 Å². The van der Waals surface area contributed by atoms with E-state index in [-0.39, 0.29) is 12.1 Å². The number of halogens is 1. The molecule has 0 N–H and O–H groups in total. The number of piperidine rings is 1. The standard InChI is InChI=1S/C20H30BrNO3/c1-4-24-20(23)14-22-12-10-17(11-13-22)9-8-15(2)25-19-7-5-6-18(21)16(19)3/h5-7,15,17H,4,8-14H2,1-3H3/t15-/m1/s1. The van der Waals surface area contributed by atoms with Crippen molar-refractivity contribution in [3.05, 3.63) is 28.2 Å². The molecule has 0 unspecified atom stereocenters. The summed E-state index contributed by atoms with van der Waals surface area (Å²) in [4.78, 5) is 13.8. The Hall–Kier alpha value is -1.07. The fourth-order valence-corrected chi connectivity index (χ4v) is 3.63. The van der Waals surface area contributed by atoms with Crippen molar-refractivity contribution in [2.45, 2.75) is 52.6 Å². The van der Waals surface area contributed by atoms with Crippen LogP contribution in [0.1, 0.15) is 45.1 Å². The molecule has 1 aliphatic rings. The Morgan fingerprint density at radius 1 is 1.36 bits per heavy atom. The summed E-state index contributed by atoms with van der Waals surface area (Å²) < 4.78 is 12.2. The molecule has 0 spiro atoms. The Labute approximate surface area is 160 Å². The molecule has 25 heavy (non-hydrogen) atoms. The first kappa shape index (κ1) is 20.2. The van der Waals surface area contributed by atoms with Gasteiger partial charge in [-0.15, -0.1) is 0 Å². The largest absolute Gasteiger partial charge is 0.490 e. The van der Waals surface area contributed by atoms with Crippen LogP contribution in [0.3, 0.4) is 0 Å². The summed E-state index contributed by atoms with van der Waals surface area (Å²) in [5, 5.41) is 0. The molecule has 1 aromatic carbocycles. The van der Waals surface area contributed by atoms with Crippen molar-refractivity contribution in [3.63, 3.8) is 0 Å². The normalized spacial score (nSPS) is 17.3. The summed E-state index contributed by atoms with van der Waals surface area (Å²) in [6.45, 7) is 8.95. The van der Waals surface area contributed by atoms with Crippen LogP contribution in [0.15, 0.2) is 22.7 Å². The highest BCUT2D eigenvalue weighted by atomic mass is 79.9. The van der Waals surface area contributed by atoms with Crippen molar-refractivity contribution < 1.29 is 14.3 Å². The zero-order chi connectivity index (χ0) is 18.2. The Balaban J connectivity index is 1.68. The SMILES string of the molecule is CCOC(=O)CN1CCC(CC[C@@H](C)Oc2cccc(Br)c2C)CC1. The molecule has 0 bridgehead atoms. The van der Waals surface area contributed by atoms with Crippen LogP contribution in [0.2, 0.25) is 0 Å². The number of carbonyl (C=O) groups is 1. The molecule has 4 nitrogen and oxygen atoms in total. The summed E-state index contributed by atoms with van der Waals surface area (Å²) in [5.41, 5.74) is 1.15. The first-order valence-electron chi connectivity index (χ1n) is 9.29. The summed E-state index contributed by atoms with van der Waals surface area (Å²) >= 11 is 3.55. The lowest BCUT2D eigenvalue weighted by Crippen LogP contribution is -2.38. The molecule has 0 saturated carbocycles. The van der Waals surface area contributed by atoms with Crippen molar-refractivity contribution >= 4 is 21.9 Å². The minimum Gasteiger partial charge on any atom is -0.490 e. The van der Waals surface area contributed by atoms with Crippen LogP contribution in [0.5, 0.6) is 5.75 Å². The number of hydrogen-bond acceptors (Lipinski definition) is 4. The Morgan fingerprint density at radius 3 is 2.76 bits per heavy atom. The van der Waals surface area contributed by atoms with Crippen molar-refractivity contribution in [1.29, 1.82) is 0 Å². The fraction of sp³-hybridized carbons (Fsp3) is 0.650. The summed E-state index contributed by atoms with van der Waals surface area (Å²) in [6.07, 6.45) is 4.77. The average molecular weight is 412 g/mol. The second-order valence-corrected chi connectivity index (χ2v) is 7.75. The Bertz CT molecular complexity index is 556. The number of rotatable bonds is 8. The smallest absolute Gasteiger partial charge is 0.320 e. The van der Waals surface area contributed by atoms with Gasteiger partial charge < -0.3 is 9.47 Å². The minimum atomic E-state index is -0.104. The van der Waals surface area contributed by atoms with Crippen LogP contribution in [-0.4, -0.2) is 43.2 Å². The summed E-state index contributed by atoms with van der Waals surface area (Å²) in [5.74, 6) is 1.59. The van der Waals surface area contributed by atoms with Crippen LogP contribution in [0.4, 0.5) is 0 Å². The first-order valence-corrected chi connectivity index (χ1v) is 10.1. The van der Waals surface area contributed by atoms with E-state index in [1.54, 1.807) is 0 Å². The van der Waals surface area contributed by atoms with E-state index >= 15 is 0 Å². The maximum Gasteiger partial charge on any atom is 0.320 e. The van der Waals surface area contributed by atoms with Gasteiger partial charge in [0.2, 0.25) is 0 Å². The second-order valence-electron chi connectivity index (χ2n) is 6.89. The highest BCUT2D eigenvalue weighted by Crippen LogP contribution is 2.28. The third-order valence-electron chi connectivity index (χ3n) is 4.89. The predicted octanol–water partition coefficient (Wildman–Crippen LogP) is 4.58. The molecular weight excluding hydrogens is 382 g/mol. The molecule has 1 aromatic rings. The van der Waals surface area contributed by atoms with E-state index in [1.165, 1.54) is 6.42 Å². The van der Waals surface area contributed by atoms with Gasteiger partial charge in [-0.1, -0.05) is 22.0 Å². The van der Waals surface area contributed by atoms with Crippen LogP contribution in [0.25, 0.3) is 0 Å². The third kappa shape index (κ3) is 6.63. The van der Waals surface area contributed by atoms with Gasteiger partial charge in [-0.25, -0.2) is 0 Å². The van der Waals surface area contributed by atoms with Gasteiger partial charge in [-0.2, -0.15) is 0 Å². The monoisotopic (exact) mass is 411 g/mol. The molecule has 5 heteroatoms. The van der Waals surface area contributed by atoms with Gasteiger partial charge >= 0.3 is 5.97 Å². The first-order chi connectivity index (χ1) is 12.0. The lowest BCUT2D eigenvalue weighted by Gasteiger charge is -2.31. The number of likely N-dealkylation sites (tertiary alicyclic amines) is 1. The van der Waals surface area contributed by atoms with Crippen molar-refractivity contribution in [2.24, 2.45) is 5.92 Å². The van der Waals surface area contributed by atoms with Gasteiger partial charge in [0.25, 0.3) is 0 Å². The highest BCUT2D eigenvalue weighted by Gasteiger charge is 2.22. The number of benzene rings is 1. The zero-order valence-electron chi connectivity index (χ0n) is 15.6. The number of hydrogen-bond donors (Lipinski definition) is 0. The lowest BCUT2D eigenvalue weighted by molar-refractivity contribution is -0.144. The lowest BCUT2D eigenvalue weighted by atomic mass is 9.91. The van der Waals surface area contributed by atoms with Crippen LogP contribution in [-0.2, 0) is 9.53 Å². The maximum absolute atomic E-state index is 11.5. The van der Waals surface area contributed by atoms with E-state index in [0.717, 1.165) is 54.1 Å². The van der Waals surface area contributed by atoms with Gasteiger partial charge in [-0.05, 0) is 77.6 Å².